The number of alkyl halides is 1. The van der Waals surface area contributed by atoms with Crippen LogP contribution in [-0.2, 0) is 11.2 Å². The molecular weight excluding hydrogens is 193 g/mol. The molecular formula is C12H16FNO. The molecule has 0 aromatic heterocycles. The number of benzene rings is 1. The maximum absolute atomic E-state index is 13.8. The molecule has 0 radical (unpaired) electrons. The third-order valence-corrected chi connectivity index (χ3v) is 2.68. The Kier molecular flexibility index (Phi) is 3.21. The molecule has 0 fully saturated rings. The van der Waals surface area contributed by atoms with Gasteiger partial charge in [-0.25, -0.2) is 4.39 Å². The lowest BCUT2D eigenvalue weighted by atomic mass is 10.0. The molecule has 82 valence electrons. The van der Waals surface area contributed by atoms with E-state index in [4.69, 9.17) is 4.74 Å². The molecule has 3 heteroatoms. The van der Waals surface area contributed by atoms with Crippen molar-refractivity contribution < 1.29 is 9.13 Å². The highest BCUT2D eigenvalue weighted by molar-refractivity contribution is 5.61. The number of anilines is 1. The summed E-state index contributed by atoms with van der Waals surface area (Å²) >= 11 is 0. The van der Waals surface area contributed by atoms with Crippen LogP contribution < -0.4 is 5.32 Å². The molecule has 0 bridgehead atoms. The number of rotatable bonds is 4. The van der Waals surface area contributed by atoms with Crippen LogP contribution in [0.3, 0.4) is 0 Å². The Hall–Kier alpha value is -1.09. The minimum atomic E-state index is -1.02. The second-order valence-electron chi connectivity index (χ2n) is 3.69. The molecule has 0 spiro atoms. The van der Waals surface area contributed by atoms with Gasteiger partial charge in [0.1, 0.15) is 0 Å². The molecule has 15 heavy (non-hydrogen) atoms. The monoisotopic (exact) mass is 209 g/mol. The van der Waals surface area contributed by atoms with Gasteiger partial charge in [-0.05, 0) is 18.9 Å². The Morgan fingerprint density at radius 3 is 3.20 bits per heavy atom. The summed E-state index contributed by atoms with van der Waals surface area (Å²) in [5.74, 6) is 0. The number of ether oxygens (including phenoxy) is 1. The van der Waals surface area contributed by atoms with E-state index in [1.54, 1.807) is 0 Å². The highest BCUT2D eigenvalue weighted by Gasteiger charge is 2.19. The quantitative estimate of drug-likeness (QED) is 0.823. The summed E-state index contributed by atoms with van der Waals surface area (Å²) in [6.07, 6.45) is -0.0321. The zero-order valence-corrected chi connectivity index (χ0v) is 8.92. The van der Waals surface area contributed by atoms with E-state index in [2.05, 4.69) is 5.32 Å². The summed E-state index contributed by atoms with van der Waals surface area (Å²) in [5.41, 5.74) is 2.93. The highest BCUT2D eigenvalue weighted by Crippen LogP contribution is 2.32. The van der Waals surface area contributed by atoms with E-state index >= 15 is 0 Å². The topological polar surface area (TPSA) is 21.3 Å². The molecule has 0 amide bonds. The molecule has 1 aliphatic heterocycles. The van der Waals surface area contributed by atoms with Crippen LogP contribution >= 0.6 is 0 Å². The summed E-state index contributed by atoms with van der Waals surface area (Å²) < 4.78 is 18.9. The lowest BCUT2D eigenvalue weighted by Crippen LogP contribution is -2.05. The van der Waals surface area contributed by atoms with Crippen LogP contribution in [0.5, 0.6) is 0 Å². The first-order valence-corrected chi connectivity index (χ1v) is 5.40. The van der Waals surface area contributed by atoms with E-state index in [-0.39, 0.29) is 6.61 Å². The molecule has 1 aromatic carbocycles. The summed E-state index contributed by atoms with van der Waals surface area (Å²) in [4.78, 5) is 0. The number of halogens is 1. The number of hydrogen-bond donors (Lipinski definition) is 1. The molecule has 0 aliphatic carbocycles. The van der Waals surface area contributed by atoms with Gasteiger partial charge in [0, 0.05) is 24.4 Å². The molecule has 0 saturated carbocycles. The van der Waals surface area contributed by atoms with Gasteiger partial charge in [-0.15, -0.1) is 0 Å². The molecule has 1 aliphatic rings. The van der Waals surface area contributed by atoms with E-state index in [9.17, 15) is 4.39 Å². The third kappa shape index (κ3) is 2.12. The second-order valence-corrected chi connectivity index (χ2v) is 3.69. The molecule has 1 N–H and O–H groups in total. The largest absolute Gasteiger partial charge is 0.384 e. The van der Waals surface area contributed by atoms with Crippen LogP contribution in [0, 0.1) is 0 Å². The van der Waals surface area contributed by atoms with Crippen molar-refractivity contribution in [2.45, 2.75) is 19.5 Å². The molecule has 1 unspecified atom stereocenters. The Labute approximate surface area is 89.4 Å². The Balaban J connectivity index is 2.17. The Morgan fingerprint density at radius 1 is 1.53 bits per heavy atom. The van der Waals surface area contributed by atoms with Crippen molar-refractivity contribution in [2.24, 2.45) is 0 Å². The average molecular weight is 209 g/mol. The number of nitrogens with one attached hydrogen (secondary N) is 1. The highest BCUT2D eigenvalue weighted by atomic mass is 19.1. The van der Waals surface area contributed by atoms with Crippen LogP contribution in [-0.4, -0.2) is 19.8 Å². The molecule has 1 heterocycles. The van der Waals surface area contributed by atoms with E-state index in [1.165, 1.54) is 5.56 Å². The lowest BCUT2D eigenvalue weighted by Gasteiger charge is -2.13. The molecule has 1 aromatic rings. The first-order valence-electron chi connectivity index (χ1n) is 5.40. The normalized spacial score (nSPS) is 15.9. The van der Waals surface area contributed by atoms with Crippen molar-refractivity contribution in [3.63, 3.8) is 0 Å². The van der Waals surface area contributed by atoms with Gasteiger partial charge in [-0.1, -0.05) is 18.2 Å². The predicted molar refractivity (Wildman–Crippen MR) is 59.0 cm³/mol. The van der Waals surface area contributed by atoms with Crippen LogP contribution in [0.4, 0.5) is 10.1 Å². The van der Waals surface area contributed by atoms with Crippen molar-refractivity contribution >= 4 is 5.69 Å². The standard InChI is InChI=1S/C12H16FNO/c1-2-15-8-11(13)10-5-3-4-9-6-7-14-12(9)10/h3-5,11,14H,2,6-8H2,1H3. The number of fused-ring (bicyclic) bond motifs is 1. The maximum atomic E-state index is 13.8. The SMILES string of the molecule is CCOCC(F)c1cccc2c1NCC2. The van der Waals surface area contributed by atoms with E-state index in [1.807, 2.05) is 25.1 Å². The van der Waals surface area contributed by atoms with E-state index < -0.39 is 6.17 Å². The van der Waals surface area contributed by atoms with Gasteiger partial charge < -0.3 is 10.1 Å². The minimum Gasteiger partial charge on any atom is -0.384 e. The fraction of sp³-hybridized carbons (Fsp3) is 0.500. The van der Waals surface area contributed by atoms with Gasteiger partial charge in [0.25, 0.3) is 0 Å². The summed E-state index contributed by atoms with van der Waals surface area (Å²) in [5, 5.41) is 3.23. The zero-order valence-electron chi connectivity index (χ0n) is 8.92. The Morgan fingerprint density at radius 2 is 2.40 bits per heavy atom. The van der Waals surface area contributed by atoms with Crippen molar-refractivity contribution in [1.82, 2.24) is 0 Å². The fourth-order valence-electron chi connectivity index (χ4n) is 1.94. The van der Waals surface area contributed by atoms with Crippen LogP contribution in [0.2, 0.25) is 0 Å². The van der Waals surface area contributed by atoms with Crippen LogP contribution in [0.25, 0.3) is 0 Å². The van der Waals surface area contributed by atoms with Gasteiger partial charge >= 0.3 is 0 Å². The minimum absolute atomic E-state index is 0.147. The van der Waals surface area contributed by atoms with Crippen molar-refractivity contribution in [3.8, 4) is 0 Å². The summed E-state index contributed by atoms with van der Waals surface area (Å²) in [7, 11) is 0. The molecule has 2 rings (SSSR count). The maximum Gasteiger partial charge on any atom is 0.150 e. The lowest BCUT2D eigenvalue weighted by molar-refractivity contribution is 0.0900. The van der Waals surface area contributed by atoms with Crippen molar-refractivity contribution in [1.29, 1.82) is 0 Å². The van der Waals surface area contributed by atoms with Crippen LogP contribution in [0.15, 0.2) is 18.2 Å². The number of hydrogen-bond acceptors (Lipinski definition) is 2. The van der Waals surface area contributed by atoms with Gasteiger partial charge in [0.2, 0.25) is 0 Å². The van der Waals surface area contributed by atoms with Crippen LogP contribution in [0.1, 0.15) is 24.2 Å². The van der Waals surface area contributed by atoms with Crippen molar-refractivity contribution in [2.75, 3.05) is 25.1 Å². The number of para-hydroxylation sites is 1. The predicted octanol–water partition coefficient (Wildman–Crippen LogP) is 2.70. The summed E-state index contributed by atoms with van der Waals surface area (Å²) in [6, 6.07) is 5.80. The first kappa shape index (κ1) is 10.4. The van der Waals surface area contributed by atoms with Gasteiger partial charge in [0.05, 0.1) is 6.61 Å². The van der Waals surface area contributed by atoms with Gasteiger partial charge in [-0.3, -0.25) is 0 Å². The fourth-order valence-corrected chi connectivity index (χ4v) is 1.94. The molecule has 0 saturated heterocycles. The van der Waals surface area contributed by atoms with Gasteiger partial charge in [-0.2, -0.15) is 0 Å². The molecule has 1 atom stereocenters. The third-order valence-electron chi connectivity index (χ3n) is 2.68. The van der Waals surface area contributed by atoms with E-state index in [0.29, 0.717) is 6.61 Å². The smallest absolute Gasteiger partial charge is 0.150 e. The Bertz CT molecular complexity index is 340. The average Bonchev–Trinajstić information content (AvgIpc) is 2.73. The van der Waals surface area contributed by atoms with E-state index in [0.717, 1.165) is 24.2 Å². The first-order chi connectivity index (χ1) is 7.33. The summed E-state index contributed by atoms with van der Waals surface area (Å²) in [6.45, 7) is 3.49. The van der Waals surface area contributed by atoms with Gasteiger partial charge in [0.15, 0.2) is 6.17 Å². The molecule has 2 nitrogen and oxygen atoms in total. The second kappa shape index (κ2) is 4.62. The zero-order chi connectivity index (χ0) is 10.7. The van der Waals surface area contributed by atoms with Crippen molar-refractivity contribution in [3.05, 3.63) is 29.3 Å².